The number of nitrogens with zero attached hydrogens (tertiary/aromatic N) is 1. The first-order chi connectivity index (χ1) is 17.1. The van der Waals surface area contributed by atoms with Crippen molar-refractivity contribution >= 4 is 27.6 Å². The first kappa shape index (κ1) is 22.5. The minimum absolute atomic E-state index is 0.0114. The summed E-state index contributed by atoms with van der Waals surface area (Å²) in [6.07, 6.45) is 1.17. The predicted octanol–water partition coefficient (Wildman–Crippen LogP) is 5.44. The van der Waals surface area contributed by atoms with Gasteiger partial charge >= 0.3 is 0 Å². The van der Waals surface area contributed by atoms with Crippen LogP contribution in [0.15, 0.2) is 88.1 Å². The predicted molar refractivity (Wildman–Crippen MR) is 140 cm³/mol. The Bertz CT molecular complexity index is 1640. The van der Waals surface area contributed by atoms with Crippen molar-refractivity contribution in [2.24, 2.45) is 0 Å². The van der Waals surface area contributed by atoms with Crippen LogP contribution in [0.3, 0.4) is 0 Å². The third-order valence-electron chi connectivity index (χ3n) is 6.26. The van der Waals surface area contributed by atoms with Crippen LogP contribution in [-0.2, 0) is 12.8 Å². The molecule has 0 aliphatic heterocycles. The summed E-state index contributed by atoms with van der Waals surface area (Å²) >= 11 is 0. The highest BCUT2D eigenvalue weighted by atomic mass is 16.5. The van der Waals surface area contributed by atoms with Gasteiger partial charge in [-0.15, -0.1) is 0 Å². The number of hydrogen-bond acceptors (Lipinski definition) is 5. The fourth-order valence-electron chi connectivity index (χ4n) is 4.68. The summed E-state index contributed by atoms with van der Waals surface area (Å²) in [5.41, 5.74) is 4.40. The zero-order valence-corrected chi connectivity index (χ0v) is 19.8. The molecule has 0 spiro atoms. The molecule has 5 rings (SSSR count). The summed E-state index contributed by atoms with van der Waals surface area (Å²) in [4.78, 5) is 14.0. The Morgan fingerprint density at radius 2 is 1.66 bits per heavy atom. The van der Waals surface area contributed by atoms with Crippen LogP contribution in [0.5, 0.6) is 5.75 Å². The molecule has 0 radical (unpaired) electrons. The summed E-state index contributed by atoms with van der Waals surface area (Å²) in [5.74, 6) is 0.401. The molecule has 5 aromatic rings. The molecule has 6 heteroatoms. The highest BCUT2D eigenvalue weighted by Crippen LogP contribution is 2.32. The van der Waals surface area contributed by atoms with E-state index in [-0.39, 0.29) is 11.1 Å². The molecule has 0 fully saturated rings. The Morgan fingerprint density at radius 3 is 2.43 bits per heavy atom. The summed E-state index contributed by atoms with van der Waals surface area (Å²) in [5, 5.41) is 13.2. The molecule has 0 aliphatic carbocycles. The van der Waals surface area contributed by atoms with Crippen molar-refractivity contribution in [3.05, 3.63) is 106 Å². The van der Waals surface area contributed by atoms with E-state index in [1.165, 1.54) is 0 Å². The average Bonchev–Trinajstić information content (AvgIpc) is 2.89. The Labute approximate surface area is 202 Å². The number of aryl methyl sites for hydroxylation is 1. The zero-order chi connectivity index (χ0) is 24.4. The molecule has 0 atom stereocenters. The van der Waals surface area contributed by atoms with Gasteiger partial charge < -0.3 is 14.5 Å². The minimum atomic E-state index is -0.236. The van der Waals surface area contributed by atoms with Crippen LogP contribution in [0.1, 0.15) is 18.1 Å². The number of methoxy groups -OCH3 is 1. The Morgan fingerprint density at radius 1 is 0.943 bits per heavy atom. The molecule has 0 saturated heterocycles. The molecule has 2 heterocycles. The van der Waals surface area contributed by atoms with Gasteiger partial charge in [0.25, 0.3) is 5.56 Å². The standard InChI is InChI=1S/C29H27N3O3/c1-3-31-23-15-9-7-11-19(23)17-18-22-26(34-2)25-27(35-28(22)30)21-14-8-10-16-24(21)32(29(25)33)20-12-5-4-6-13-20/h4-16,30-31H,3,17-18H2,1-2H3. The van der Waals surface area contributed by atoms with Crippen molar-refractivity contribution in [3.8, 4) is 11.4 Å². The number of para-hydroxylation sites is 3. The quantitative estimate of drug-likeness (QED) is 0.314. The molecule has 0 amide bonds. The monoisotopic (exact) mass is 465 g/mol. The van der Waals surface area contributed by atoms with Crippen molar-refractivity contribution in [1.82, 2.24) is 4.57 Å². The van der Waals surface area contributed by atoms with E-state index in [9.17, 15) is 4.79 Å². The van der Waals surface area contributed by atoms with Crippen LogP contribution in [-0.4, -0.2) is 18.2 Å². The van der Waals surface area contributed by atoms with Crippen LogP contribution in [0.2, 0.25) is 0 Å². The van der Waals surface area contributed by atoms with E-state index in [1.807, 2.05) is 72.8 Å². The molecular weight excluding hydrogens is 438 g/mol. The van der Waals surface area contributed by atoms with Crippen molar-refractivity contribution in [2.45, 2.75) is 19.8 Å². The number of hydrogen-bond donors (Lipinski definition) is 2. The van der Waals surface area contributed by atoms with Gasteiger partial charge in [-0.05, 0) is 55.7 Å². The van der Waals surface area contributed by atoms with Gasteiger partial charge in [0.15, 0.2) is 5.58 Å². The number of nitrogens with one attached hydrogen (secondary N) is 2. The fourth-order valence-corrected chi connectivity index (χ4v) is 4.68. The van der Waals surface area contributed by atoms with Crippen molar-refractivity contribution in [3.63, 3.8) is 0 Å². The third kappa shape index (κ3) is 3.97. The number of benzene rings is 3. The number of rotatable bonds is 7. The second-order valence-corrected chi connectivity index (χ2v) is 8.33. The van der Waals surface area contributed by atoms with Crippen LogP contribution in [0.4, 0.5) is 5.69 Å². The summed E-state index contributed by atoms with van der Waals surface area (Å²) in [7, 11) is 1.55. The molecule has 0 saturated carbocycles. The minimum Gasteiger partial charge on any atom is -0.495 e. The van der Waals surface area contributed by atoms with Crippen molar-refractivity contribution in [1.29, 1.82) is 5.41 Å². The van der Waals surface area contributed by atoms with Crippen LogP contribution < -0.4 is 21.2 Å². The molecule has 2 N–H and O–H groups in total. The van der Waals surface area contributed by atoms with E-state index in [0.717, 1.165) is 28.9 Å². The maximum Gasteiger partial charge on any atom is 0.270 e. The van der Waals surface area contributed by atoms with Gasteiger partial charge in [-0.2, -0.15) is 0 Å². The Balaban J connectivity index is 1.74. The normalized spacial score (nSPS) is 11.1. The van der Waals surface area contributed by atoms with Gasteiger partial charge in [0, 0.05) is 23.3 Å². The summed E-state index contributed by atoms with van der Waals surface area (Å²) in [6, 6.07) is 25.3. The first-order valence-corrected chi connectivity index (χ1v) is 11.7. The summed E-state index contributed by atoms with van der Waals surface area (Å²) in [6.45, 7) is 2.88. The Kier molecular flexibility index (Phi) is 6.10. The lowest BCUT2D eigenvalue weighted by Gasteiger charge is -2.16. The van der Waals surface area contributed by atoms with Gasteiger partial charge in [-0.3, -0.25) is 14.8 Å². The number of fused-ring (bicyclic) bond motifs is 3. The van der Waals surface area contributed by atoms with Crippen LogP contribution in [0, 0.1) is 5.41 Å². The lowest BCUT2D eigenvalue weighted by Crippen LogP contribution is -2.22. The maximum absolute atomic E-state index is 14.0. The topological polar surface area (TPSA) is 80.2 Å². The maximum atomic E-state index is 14.0. The number of aromatic nitrogens is 1. The van der Waals surface area contributed by atoms with E-state index in [1.54, 1.807) is 11.7 Å². The fraction of sp³-hybridized carbons (Fsp3) is 0.172. The Hall–Kier alpha value is -4.32. The molecule has 3 aromatic carbocycles. The number of ether oxygens (including phenoxy) is 1. The largest absolute Gasteiger partial charge is 0.495 e. The third-order valence-corrected chi connectivity index (χ3v) is 6.26. The van der Waals surface area contributed by atoms with Gasteiger partial charge in [0.1, 0.15) is 11.1 Å². The molecule has 0 unspecified atom stereocenters. The zero-order valence-electron chi connectivity index (χ0n) is 19.8. The highest BCUT2D eigenvalue weighted by Gasteiger charge is 2.22. The molecule has 6 nitrogen and oxygen atoms in total. The van der Waals surface area contributed by atoms with E-state index < -0.39 is 0 Å². The van der Waals surface area contributed by atoms with E-state index in [4.69, 9.17) is 14.6 Å². The van der Waals surface area contributed by atoms with E-state index >= 15 is 0 Å². The molecular formula is C29H27N3O3. The van der Waals surface area contributed by atoms with E-state index in [2.05, 4.69) is 18.3 Å². The van der Waals surface area contributed by atoms with E-state index in [0.29, 0.717) is 40.6 Å². The van der Waals surface area contributed by atoms with Gasteiger partial charge in [0.2, 0.25) is 5.55 Å². The SMILES string of the molecule is CCNc1ccccc1CCc1c(OC)c2c(=O)n(-c3ccccc3)c3ccccc3c2oc1=N. The first-order valence-electron chi connectivity index (χ1n) is 11.7. The van der Waals surface area contributed by atoms with Crippen molar-refractivity contribution < 1.29 is 9.15 Å². The second kappa shape index (κ2) is 9.50. The average molecular weight is 466 g/mol. The van der Waals surface area contributed by atoms with Gasteiger partial charge in [0.05, 0.1) is 18.2 Å². The van der Waals surface area contributed by atoms with Crippen molar-refractivity contribution in [2.75, 3.05) is 19.0 Å². The molecule has 2 aromatic heterocycles. The molecule has 176 valence electrons. The van der Waals surface area contributed by atoms with Gasteiger partial charge in [-0.25, -0.2) is 0 Å². The number of pyridine rings is 1. The lowest BCUT2D eigenvalue weighted by atomic mass is 10.0. The highest BCUT2D eigenvalue weighted by molar-refractivity contribution is 6.04. The van der Waals surface area contributed by atoms with Crippen LogP contribution in [0.25, 0.3) is 27.6 Å². The second-order valence-electron chi connectivity index (χ2n) is 8.33. The summed E-state index contributed by atoms with van der Waals surface area (Å²) < 4.78 is 13.5. The molecule has 0 bridgehead atoms. The van der Waals surface area contributed by atoms with Crippen LogP contribution >= 0.6 is 0 Å². The van der Waals surface area contributed by atoms with Gasteiger partial charge in [-0.1, -0.05) is 48.5 Å². The molecule has 0 aliphatic rings. The number of anilines is 1. The smallest absolute Gasteiger partial charge is 0.270 e. The molecule has 35 heavy (non-hydrogen) atoms. The lowest BCUT2D eigenvalue weighted by molar-refractivity contribution is 0.402.